The summed E-state index contributed by atoms with van der Waals surface area (Å²) in [6.45, 7) is 3.64. The van der Waals surface area contributed by atoms with Crippen molar-refractivity contribution in [1.29, 1.82) is 0 Å². The Morgan fingerprint density at radius 2 is 1.95 bits per heavy atom. The van der Waals surface area contributed by atoms with Gasteiger partial charge in [-0.1, -0.05) is 18.2 Å². The van der Waals surface area contributed by atoms with Crippen molar-refractivity contribution in [3.05, 3.63) is 30.1 Å². The van der Waals surface area contributed by atoms with Gasteiger partial charge >= 0.3 is 0 Å². The smallest absolute Gasteiger partial charge is 0.152 e. The van der Waals surface area contributed by atoms with Crippen LogP contribution in [0, 0.1) is 6.92 Å². The zero-order valence-corrected chi connectivity index (χ0v) is 11.6. The Labute approximate surface area is 117 Å². The second-order valence-electron chi connectivity index (χ2n) is 5.02. The Morgan fingerprint density at radius 1 is 1.15 bits per heavy atom. The number of aromatic nitrogens is 3. The molecule has 104 valence electrons. The van der Waals surface area contributed by atoms with Crippen LogP contribution in [0.25, 0.3) is 21.9 Å². The third-order valence-electron chi connectivity index (χ3n) is 3.64. The molecule has 2 heterocycles. The molecule has 20 heavy (non-hydrogen) atoms. The molecule has 0 radical (unpaired) electrons. The van der Waals surface area contributed by atoms with E-state index >= 15 is 0 Å². The van der Waals surface area contributed by atoms with Crippen molar-refractivity contribution in [2.24, 2.45) is 5.73 Å². The van der Waals surface area contributed by atoms with Gasteiger partial charge in [0.05, 0.1) is 11.0 Å². The van der Waals surface area contributed by atoms with Crippen molar-refractivity contribution in [3.63, 3.8) is 0 Å². The molecule has 0 aliphatic carbocycles. The molecule has 0 saturated heterocycles. The number of hydrogen-bond acceptors (Lipinski definition) is 4. The van der Waals surface area contributed by atoms with Gasteiger partial charge in [-0.25, -0.2) is 9.97 Å². The van der Waals surface area contributed by atoms with Gasteiger partial charge in [0.1, 0.15) is 11.3 Å². The van der Waals surface area contributed by atoms with Gasteiger partial charge in [0, 0.05) is 11.9 Å². The van der Waals surface area contributed by atoms with E-state index < -0.39 is 0 Å². The summed E-state index contributed by atoms with van der Waals surface area (Å²) in [5.74, 6) is 1.47. The zero-order valence-electron chi connectivity index (χ0n) is 11.6. The van der Waals surface area contributed by atoms with Crippen LogP contribution >= 0.6 is 0 Å². The lowest BCUT2D eigenvalue weighted by Gasteiger charge is -2.08. The number of nitrogen functional groups attached to an aromatic ring is 1. The Kier molecular flexibility index (Phi) is 3.28. The summed E-state index contributed by atoms with van der Waals surface area (Å²) in [5, 5.41) is 1.10. The Morgan fingerprint density at radius 3 is 2.75 bits per heavy atom. The van der Waals surface area contributed by atoms with E-state index in [0.29, 0.717) is 5.82 Å². The minimum Gasteiger partial charge on any atom is -0.382 e. The number of imidazole rings is 1. The number of rotatable bonds is 4. The number of unbranched alkanes of at least 4 members (excludes halogenated alkanes) is 1. The molecule has 0 fully saturated rings. The van der Waals surface area contributed by atoms with Gasteiger partial charge in [-0.2, -0.15) is 0 Å². The summed E-state index contributed by atoms with van der Waals surface area (Å²) in [4.78, 5) is 9.02. The highest BCUT2D eigenvalue weighted by molar-refractivity contribution is 6.06. The highest BCUT2D eigenvalue weighted by Gasteiger charge is 2.14. The fourth-order valence-corrected chi connectivity index (χ4v) is 2.66. The number of nitrogens with two attached hydrogens (primary N) is 2. The number of para-hydroxylation sites is 1. The van der Waals surface area contributed by atoms with E-state index in [1.165, 1.54) is 0 Å². The number of hydrogen-bond donors (Lipinski definition) is 2. The highest BCUT2D eigenvalue weighted by atomic mass is 15.1. The average Bonchev–Trinajstić information content (AvgIpc) is 2.78. The zero-order chi connectivity index (χ0) is 14.1. The van der Waals surface area contributed by atoms with Crippen LogP contribution in [0.5, 0.6) is 0 Å². The fourth-order valence-electron chi connectivity index (χ4n) is 2.66. The number of anilines is 1. The third kappa shape index (κ3) is 2.00. The number of pyridine rings is 1. The lowest BCUT2D eigenvalue weighted by molar-refractivity contribution is 0.615. The first-order valence-electron chi connectivity index (χ1n) is 6.93. The number of nitrogens with zero attached hydrogens (tertiary/aromatic N) is 3. The second-order valence-corrected chi connectivity index (χ2v) is 5.02. The van der Waals surface area contributed by atoms with Gasteiger partial charge in [-0.05, 0) is 32.4 Å². The molecule has 0 atom stereocenters. The predicted octanol–water partition coefficient (Wildman–Crippen LogP) is 2.21. The van der Waals surface area contributed by atoms with Crippen LogP contribution in [0.4, 0.5) is 5.82 Å². The van der Waals surface area contributed by atoms with Gasteiger partial charge in [0.2, 0.25) is 0 Å². The molecular formula is C15H19N5. The first kappa shape index (κ1) is 12.9. The van der Waals surface area contributed by atoms with Crippen LogP contribution in [0.2, 0.25) is 0 Å². The SMILES string of the molecule is Cc1nc2c(N)nc3ccccc3c2n1CCCCN. The molecule has 0 aliphatic heterocycles. The minimum atomic E-state index is 0.499. The Balaban J connectivity index is 2.25. The molecule has 1 aromatic carbocycles. The molecule has 0 saturated carbocycles. The number of benzene rings is 1. The van der Waals surface area contributed by atoms with Gasteiger partial charge in [0.15, 0.2) is 5.82 Å². The van der Waals surface area contributed by atoms with E-state index in [2.05, 4.69) is 20.6 Å². The molecule has 4 N–H and O–H groups in total. The van der Waals surface area contributed by atoms with E-state index in [-0.39, 0.29) is 0 Å². The highest BCUT2D eigenvalue weighted by Crippen LogP contribution is 2.28. The molecule has 3 rings (SSSR count). The fraction of sp³-hybridized carbons (Fsp3) is 0.333. The lowest BCUT2D eigenvalue weighted by Crippen LogP contribution is -2.05. The molecule has 0 amide bonds. The Hall–Kier alpha value is -2.14. The van der Waals surface area contributed by atoms with Crippen molar-refractivity contribution >= 4 is 27.8 Å². The van der Waals surface area contributed by atoms with E-state index in [1.807, 2.05) is 25.1 Å². The third-order valence-corrected chi connectivity index (χ3v) is 3.64. The van der Waals surface area contributed by atoms with Crippen molar-refractivity contribution in [2.45, 2.75) is 26.3 Å². The second kappa shape index (κ2) is 5.09. The largest absolute Gasteiger partial charge is 0.382 e. The van der Waals surface area contributed by atoms with Crippen LogP contribution in [-0.2, 0) is 6.54 Å². The maximum absolute atomic E-state index is 6.05. The van der Waals surface area contributed by atoms with Gasteiger partial charge in [-0.15, -0.1) is 0 Å². The first-order chi connectivity index (χ1) is 9.72. The molecule has 0 bridgehead atoms. The van der Waals surface area contributed by atoms with Crippen LogP contribution in [0.15, 0.2) is 24.3 Å². The summed E-state index contributed by atoms with van der Waals surface area (Å²) < 4.78 is 2.23. The van der Waals surface area contributed by atoms with Gasteiger partial charge < -0.3 is 16.0 Å². The molecule has 0 spiro atoms. The van der Waals surface area contributed by atoms with E-state index in [9.17, 15) is 0 Å². The molecule has 3 aromatic rings. The average molecular weight is 269 g/mol. The number of aryl methyl sites for hydroxylation is 2. The lowest BCUT2D eigenvalue weighted by atomic mass is 10.2. The van der Waals surface area contributed by atoms with Crippen LogP contribution in [0.1, 0.15) is 18.7 Å². The van der Waals surface area contributed by atoms with Crippen molar-refractivity contribution in [1.82, 2.24) is 14.5 Å². The number of fused-ring (bicyclic) bond motifs is 3. The first-order valence-corrected chi connectivity index (χ1v) is 6.93. The molecule has 2 aromatic heterocycles. The quantitative estimate of drug-likeness (QED) is 0.711. The summed E-state index contributed by atoms with van der Waals surface area (Å²) in [6.07, 6.45) is 2.05. The normalized spacial score (nSPS) is 11.5. The Bertz CT molecular complexity index is 760. The standard InChI is InChI=1S/C15H19N5/c1-10-18-13-14(20(10)9-5-4-8-16)11-6-2-3-7-12(11)19-15(13)17/h2-3,6-7H,4-5,8-9,16H2,1H3,(H2,17,19). The van der Waals surface area contributed by atoms with Crippen LogP contribution < -0.4 is 11.5 Å². The van der Waals surface area contributed by atoms with Gasteiger partial charge in [0.25, 0.3) is 0 Å². The van der Waals surface area contributed by atoms with E-state index in [4.69, 9.17) is 11.5 Å². The van der Waals surface area contributed by atoms with Crippen molar-refractivity contribution < 1.29 is 0 Å². The monoisotopic (exact) mass is 269 g/mol. The predicted molar refractivity (Wildman–Crippen MR) is 82.5 cm³/mol. The van der Waals surface area contributed by atoms with Crippen molar-refractivity contribution in [3.8, 4) is 0 Å². The molecular weight excluding hydrogens is 250 g/mol. The maximum atomic E-state index is 6.05. The molecule has 0 unspecified atom stereocenters. The summed E-state index contributed by atoms with van der Waals surface area (Å²) in [7, 11) is 0. The minimum absolute atomic E-state index is 0.499. The molecule has 5 heteroatoms. The summed E-state index contributed by atoms with van der Waals surface area (Å²) in [6, 6.07) is 8.05. The van der Waals surface area contributed by atoms with E-state index in [1.54, 1.807) is 0 Å². The van der Waals surface area contributed by atoms with Crippen LogP contribution in [-0.4, -0.2) is 21.1 Å². The topological polar surface area (TPSA) is 82.8 Å². The van der Waals surface area contributed by atoms with Crippen LogP contribution in [0.3, 0.4) is 0 Å². The van der Waals surface area contributed by atoms with E-state index in [0.717, 1.165) is 53.7 Å². The summed E-state index contributed by atoms with van der Waals surface area (Å²) >= 11 is 0. The van der Waals surface area contributed by atoms with Crippen molar-refractivity contribution in [2.75, 3.05) is 12.3 Å². The summed E-state index contributed by atoms with van der Waals surface area (Å²) in [5.41, 5.74) is 14.4. The van der Waals surface area contributed by atoms with Gasteiger partial charge in [-0.3, -0.25) is 0 Å². The molecule has 0 aliphatic rings. The maximum Gasteiger partial charge on any atom is 0.152 e. The molecule has 5 nitrogen and oxygen atoms in total.